The molecule has 3 aromatic carbocycles. The van der Waals surface area contributed by atoms with Crippen LogP contribution < -0.4 is 19.7 Å². The van der Waals surface area contributed by atoms with Gasteiger partial charge in [-0.3, -0.25) is 9.59 Å². The van der Waals surface area contributed by atoms with E-state index in [1.165, 1.54) is 0 Å². The maximum absolute atomic E-state index is 14.5. The minimum atomic E-state index is -1.39. The Morgan fingerprint density at radius 2 is 1.65 bits per heavy atom. The number of nitrogens with one attached hydrogen (secondary N) is 1. The van der Waals surface area contributed by atoms with E-state index in [1.54, 1.807) is 60.2 Å². The first-order valence-corrected chi connectivity index (χ1v) is 13.4. The van der Waals surface area contributed by atoms with Gasteiger partial charge in [0.25, 0.3) is 0 Å². The van der Waals surface area contributed by atoms with Crippen molar-refractivity contribution in [1.29, 1.82) is 0 Å². The van der Waals surface area contributed by atoms with E-state index >= 15 is 0 Å². The Morgan fingerprint density at radius 1 is 0.975 bits per heavy atom. The van der Waals surface area contributed by atoms with E-state index < -0.39 is 5.41 Å². The van der Waals surface area contributed by atoms with Crippen molar-refractivity contribution in [3.63, 3.8) is 0 Å². The highest BCUT2D eigenvalue weighted by atomic mass is 35.5. The Morgan fingerprint density at radius 3 is 2.33 bits per heavy atom. The molecular weight excluding hydrogens is 553 g/mol. The molecule has 2 atom stereocenters. The maximum atomic E-state index is 14.5. The van der Waals surface area contributed by atoms with Crippen molar-refractivity contribution in [2.24, 2.45) is 0 Å². The topological polar surface area (TPSA) is 98.6 Å². The van der Waals surface area contributed by atoms with Gasteiger partial charge in [0.1, 0.15) is 22.6 Å². The molecule has 0 fully saturated rings. The predicted molar refractivity (Wildman–Crippen MR) is 152 cm³/mol. The number of hydrogen-bond acceptors (Lipinski definition) is 6. The maximum Gasteiger partial charge on any atom is 0.244 e. The molecule has 0 unspecified atom stereocenters. The zero-order valence-corrected chi connectivity index (χ0v) is 23.5. The molecule has 11 heteroatoms. The lowest BCUT2D eigenvalue weighted by Gasteiger charge is -2.31. The summed E-state index contributed by atoms with van der Waals surface area (Å²) in [7, 11) is 3.14. The fourth-order valence-electron chi connectivity index (χ4n) is 5.59. The summed E-state index contributed by atoms with van der Waals surface area (Å²) in [6.07, 6.45) is -0.127. The largest absolute Gasteiger partial charge is 0.497 e. The van der Waals surface area contributed by atoms with Gasteiger partial charge in [0.2, 0.25) is 11.8 Å². The molecule has 0 radical (unpaired) electrons. The number of fused-ring (bicyclic) bond motifs is 4. The lowest BCUT2D eigenvalue weighted by molar-refractivity contribution is -0.126. The molecule has 3 heterocycles. The summed E-state index contributed by atoms with van der Waals surface area (Å²) in [5.74, 6) is 0.983. The molecule has 2 amide bonds. The number of ether oxygens (including phenoxy) is 2. The first-order chi connectivity index (χ1) is 19.2. The Balaban J connectivity index is 1.48. The third-order valence-corrected chi connectivity index (χ3v) is 8.06. The highest BCUT2D eigenvalue weighted by Gasteiger charge is 2.58. The number of benzene rings is 3. The van der Waals surface area contributed by atoms with Crippen molar-refractivity contribution >= 4 is 46.5 Å². The van der Waals surface area contributed by atoms with E-state index in [2.05, 4.69) is 15.6 Å². The minimum absolute atomic E-state index is 0.127. The van der Waals surface area contributed by atoms with Crippen LogP contribution >= 0.6 is 23.2 Å². The summed E-state index contributed by atoms with van der Waals surface area (Å²) in [5.41, 5.74) is 1.97. The van der Waals surface area contributed by atoms with Crippen LogP contribution in [0, 0.1) is 0 Å². The summed E-state index contributed by atoms with van der Waals surface area (Å²) in [4.78, 5) is 29.4. The average Bonchev–Trinajstić information content (AvgIpc) is 3.47. The van der Waals surface area contributed by atoms with Crippen molar-refractivity contribution < 1.29 is 19.1 Å². The number of aromatic nitrogens is 3. The van der Waals surface area contributed by atoms with Gasteiger partial charge in [-0.15, -0.1) is 5.10 Å². The summed E-state index contributed by atoms with van der Waals surface area (Å²) in [5, 5.41) is 12.9. The van der Waals surface area contributed by atoms with Crippen molar-refractivity contribution in [3.8, 4) is 11.5 Å². The Labute approximate surface area is 240 Å². The summed E-state index contributed by atoms with van der Waals surface area (Å²) in [6.45, 7) is 2.16. The molecule has 0 saturated carbocycles. The third kappa shape index (κ3) is 4.08. The van der Waals surface area contributed by atoms with Gasteiger partial charge in [0, 0.05) is 21.8 Å². The second-order valence-electron chi connectivity index (χ2n) is 9.86. The summed E-state index contributed by atoms with van der Waals surface area (Å²) < 4.78 is 12.5. The molecule has 0 bridgehead atoms. The number of halogens is 2. The molecule has 0 aliphatic carbocycles. The number of amides is 2. The van der Waals surface area contributed by atoms with Crippen LogP contribution in [0.1, 0.15) is 41.8 Å². The van der Waals surface area contributed by atoms with Gasteiger partial charge in [0.15, 0.2) is 5.82 Å². The number of anilines is 2. The molecular formula is C29H25Cl2N5O4. The van der Waals surface area contributed by atoms with E-state index in [1.807, 2.05) is 31.2 Å². The van der Waals surface area contributed by atoms with Gasteiger partial charge in [-0.25, -0.2) is 4.68 Å². The SMILES string of the molecule is COc1cc(CN2C(=O)[C@]3(CC(=O)Nc4c3nnn4[C@@H](C)c3ccc(Cl)cc3)c3cc(Cl)ccc32)cc(OC)c1. The van der Waals surface area contributed by atoms with Crippen molar-refractivity contribution in [2.75, 3.05) is 24.4 Å². The van der Waals surface area contributed by atoms with E-state index in [0.717, 1.165) is 11.1 Å². The second-order valence-corrected chi connectivity index (χ2v) is 10.7. The lowest BCUT2D eigenvalue weighted by Crippen LogP contribution is -2.47. The van der Waals surface area contributed by atoms with Crippen molar-refractivity contribution in [2.45, 2.75) is 31.3 Å². The van der Waals surface area contributed by atoms with E-state index in [4.69, 9.17) is 32.7 Å². The van der Waals surface area contributed by atoms with Crippen molar-refractivity contribution in [1.82, 2.24) is 15.0 Å². The minimum Gasteiger partial charge on any atom is -0.497 e. The number of hydrogen-bond donors (Lipinski definition) is 1. The molecule has 1 aromatic heterocycles. The molecule has 9 nitrogen and oxygen atoms in total. The fraction of sp³-hybridized carbons (Fsp3) is 0.241. The Hall–Kier alpha value is -4.08. The van der Waals surface area contributed by atoms with Crippen LogP contribution in [0.2, 0.25) is 10.0 Å². The van der Waals surface area contributed by atoms with Crippen LogP contribution in [0.25, 0.3) is 0 Å². The van der Waals surface area contributed by atoms with E-state index in [-0.39, 0.29) is 30.8 Å². The fourth-order valence-corrected chi connectivity index (χ4v) is 5.89. The number of carbonyl (C=O) groups is 2. The normalized spacial score (nSPS) is 18.4. The van der Waals surface area contributed by atoms with E-state index in [9.17, 15) is 9.59 Å². The number of rotatable bonds is 6. The second kappa shape index (κ2) is 9.83. The van der Waals surface area contributed by atoms with Gasteiger partial charge in [-0.1, -0.05) is 40.5 Å². The molecule has 40 heavy (non-hydrogen) atoms. The monoisotopic (exact) mass is 577 g/mol. The highest BCUT2D eigenvalue weighted by Crippen LogP contribution is 2.53. The van der Waals surface area contributed by atoms with E-state index in [0.29, 0.717) is 44.3 Å². The van der Waals surface area contributed by atoms with Crippen LogP contribution in [-0.4, -0.2) is 41.0 Å². The predicted octanol–water partition coefficient (Wildman–Crippen LogP) is 5.39. The van der Waals surface area contributed by atoms with Crippen LogP contribution in [0.4, 0.5) is 11.5 Å². The molecule has 4 aromatic rings. The highest BCUT2D eigenvalue weighted by molar-refractivity contribution is 6.31. The zero-order chi connectivity index (χ0) is 28.2. The van der Waals surface area contributed by atoms with Crippen LogP contribution in [-0.2, 0) is 21.5 Å². The zero-order valence-electron chi connectivity index (χ0n) is 21.9. The third-order valence-electron chi connectivity index (χ3n) is 7.57. The molecule has 1 spiro atoms. The molecule has 0 saturated heterocycles. The van der Waals surface area contributed by atoms with Gasteiger partial charge < -0.3 is 19.7 Å². The number of nitrogens with zero attached hydrogens (tertiary/aromatic N) is 4. The van der Waals surface area contributed by atoms with Gasteiger partial charge in [-0.05, 0) is 66.1 Å². The van der Waals surface area contributed by atoms with Crippen LogP contribution in [0.5, 0.6) is 11.5 Å². The Kier molecular flexibility index (Phi) is 6.43. The smallest absolute Gasteiger partial charge is 0.244 e. The molecule has 204 valence electrons. The summed E-state index contributed by atoms with van der Waals surface area (Å²) >= 11 is 12.5. The standard InChI is InChI=1S/C29H25Cl2N5O4/c1-16(18-4-6-19(30)7-5-18)36-27-26(33-34-36)29(14-25(37)32-27)23-12-20(31)8-9-24(23)35(28(29)38)15-17-10-21(39-2)13-22(11-17)40-3/h4-13,16H,14-15H2,1-3H3,(H,32,37)/t16-,29+/m0/s1. The van der Waals surface area contributed by atoms with Crippen LogP contribution in [0.3, 0.4) is 0 Å². The van der Waals surface area contributed by atoms with Crippen LogP contribution in [0.15, 0.2) is 60.7 Å². The molecule has 6 rings (SSSR count). The number of methoxy groups -OCH3 is 2. The van der Waals surface area contributed by atoms with Gasteiger partial charge in [0.05, 0.1) is 33.2 Å². The first-order valence-electron chi connectivity index (χ1n) is 12.6. The summed E-state index contributed by atoms with van der Waals surface area (Å²) in [6, 6.07) is 17.8. The van der Waals surface area contributed by atoms with Gasteiger partial charge >= 0.3 is 0 Å². The van der Waals surface area contributed by atoms with Gasteiger partial charge in [-0.2, -0.15) is 0 Å². The Bertz CT molecular complexity index is 1630. The van der Waals surface area contributed by atoms with Crippen molar-refractivity contribution in [3.05, 3.63) is 93.1 Å². The quantitative estimate of drug-likeness (QED) is 0.330. The lowest BCUT2D eigenvalue weighted by atomic mass is 9.73. The first kappa shape index (κ1) is 26.2. The molecule has 1 N–H and O–H groups in total. The average molecular weight is 578 g/mol. The molecule has 2 aliphatic heterocycles. The molecule has 2 aliphatic rings. The number of carbonyl (C=O) groups excluding carboxylic acids is 2.